The van der Waals surface area contributed by atoms with Gasteiger partial charge in [0, 0.05) is 29.9 Å². The molecule has 0 aliphatic rings. The van der Waals surface area contributed by atoms with E-state index in [4.69, 9.17) is 11.6 Å². The number of hydrogen-bond acceptors (Lipinski definition) is 2. The van der Waals surface area contributed by atoms with Crippen molar-refractivity contribution in [3.05, 3.63) is 64.4 Å². The molecule has 2 nitrogen and oxygen atoms in total. The van der Waals surface area contributed by atoms with Gasteiger partial charge in [0.25, 0.3) is 0 Å². The zero-order valence-electron chi connectivity index (χ0n) is 10.4. The van der Waals surface area contributed by atoms with E-state index in [1.54, 1.807) is 24.3 Å². The third-order valence-corrected chi connectivity index (χ3v) is 3.07. The highest BCUT2D eigenvalue weighted by Gasteiger charge is 2.09. The van der Waals surface area contributed by atoms with Gasteiger partial charge in [0.05, 0.1) is 0 Å². The molecule has 4 heteroatoms. The van der Waals surface area contributed by atoms with E-state index in [-0.39, 0.29) is 5.82 Å². The third kappa shape index (κ3) is 3.32. The van der Waals surface area contributed by atoms with Gasteiger partial charge in [-0.2, -0.15) is 0 Å². The molecule has 2 aromatic rings. The summed E-state index contributed by atoms with van der Waals surface area (Å²) in [5.74, 6) is -0.271. The summed E-state index contributed by atoms with van der Waals surface area (Å²) in [5.41, 5.74) is 2.12. The van der Waals surface area contributed by atoms with E-state index in [0.717, 1.165) is 17.5 Å². The Labute approximate surface area is 116 Å². The van der Waals surface area contributed by atoms with Gasteiger partial charge in [-0.15, -0.1) is 0 Å². The van der Waals surface area contributed by atoms with Gasteiger partial charge in [0.15, 0.2) is 6.29 Å². The van der Waals surface area contributed by atoms with Crippen molar-refractivity contribution in [3.8, 4) is 0 Å². The van der Waals surface area contributed by atoms with Crippen molar-refractivity contribution in [1.82, 2.24) is 0 Å². The molecule has 0 unspecified atom stereocenters. The number of nitrogens with zero attached hydrogens (tertiary/aromatic N) is 1. The second-order valence-corrected chi connectivity index (χ2v) is 4.74. The average molecular weight is 278 g/mol. The van der Waals surface area contributed by atoms with E-state index < -0.39 is 0 Å². The molecule has 2 rings (SSSR count). The minimum atomic E-state index is -0.271. The molecule has 0 N–H and O–H groups in total. The van der Waals surface area contributed by atoms with Crippen LogP contribution < -0.4 is 4.90 Å². The summed E-state index contributed by atoms with van der Waals surface area (Å²) in [4.78, 5) is 12.9. The van der Waals surface area contributed by atoms with E-state index >= 15 is 0 Å². The molecular weight excluding hydrogens is 265 g/mol. The van der Waals surface area contributed by atoms with Gasteiger partial charge in [-0.25, -0.2) is 4.39 Å². The molecule has 0 fully saturated rings. The molecule has 98 valence electrons. The number of rotatable bonds is 4. The van der Waals surface area contributed by atoms with E-state index in [1.807, 2.05) is 18.0 Å². The van der Waals surface area contributed by atoms with E-state index in [2.05, 4.69) is 0 Å². The number of anilines is 1. The zero-order valence-corrected chi connectivity index (χ0v) is 11.2. The van der Waals surface area contributed by atoms with Gasteiger partial charge in [0.1, 0.15) is 5.82 Å². The first kappa shape index (κ1) is 13.6. The van der Waals surface area contributed by atoms with Crippen molar-refractivity contribution in [2.24, 2.45) is 0 Å². The lowest BCUT2D eigenvalue weighted by Gasteiger charge is -2.21. The van der Waals surface area contributed by atoms with E-state index in [0.29, 0.717) is 17.1 Å². The average Bonchev–Trinajstić information content (AvgIpc) is 2.38. The molecule has 0 bridgehead atoms. The molecular formula is C15H13ClFNO. The van der Waals surface area contributed by atoms with Crippen molar-refractivity contribution in [2.75, 3.05) is 11.9 Å². The van der Waals surface area contributed by atoms with Crippen LogP contribution in [0.15, 0.2) is 42.5 Å². The topological polar surface area (TPSA) is 20.3 Å². The molecule has 0 spiro atoms. The van der Waals surface area contributed by atoms with Gasteiger partial charge >= 0.3 is 0 Å². The Kier molecular flexibility index (Phi) is 4.17. The summed E-state index contributed by atoms with van der Waals surface area (Å²) in [6, 6.07) is 11.4. The minimum Gasteiger partial charge on any atom is -0.370 e. The van der Waals surface area contributed by atoms with Crippen LogP contribution in [-0.2, 0) is 6.54 Å². The molecule has 0 heterocycles. The first-order valence-electron chi connectivity index (χ1n) is 5.80. The summed E-state index contributed by atoms with van der Waals surface area (Å²) in [6.45, 7) is 0.499. The molecule has 19 heavy (non-hydrogen) atoms. The largest absolute Gasteiger partial charge is 0.370 e. The van der Waals surface area contributed by atoms with E-state index in [9.17, 15) is 9.18 Å². The van der Waals surface area contributed by atoms with Crippen LogP contribution in [-0.4, -0.2) is 13.3 Å². The standard InChI is InChI=1S/C15H13ClFNO/c1-18(9-11-3-2-4-14(17)7-11)15-8-13(16)6-5-12(15)10-19/h2-8,10H,9H2,1H3. The Bertz CT molecular complexity index is 600. The van der Waals surface area contributed by atoms with Crippen LogP contribution in [0.2, 0.25) is 5.02 Å². The highest BCUT2D eigenvalue weighted by atomic mass is 35.5. The summed E-state index contributed by atoms with van der Waals surface area (Å²) < 4.78 is 13.1. The van der Waals surface area contributed by atoms with Crippen LogP contribution in [0.3, 0.4) is 0 Å². The summed E-state index contributed by atoms with van der Waals surface area (Å²) in [6.07, 6.45) is 0.785. The maximum absolute atomic E-state index is 13.1. The maximum Gasteiger partial charge on any atom is 0.152 e. The second kappa shape index (κ2) is 5.85. The molecule has 2 aromatic carbocycles. The van der Waals surface area contributed by atoms with Crippen molar-refractivity contribution in [3.63, 3.8) is 0 Å². The Morgan fingerprint density at radius 1 is 1.26 bits per heavy atom. The lowest BCUT2D eigenvalue weighted by Crippen LogP contribution is -2.18. The predicted molar refractivity (Wildman–Crippen MR) is 75.3 cm³/mol. The number of benzene rings is 2. The molecule has 0 aromatic heterocycles. The highest BCUT2D eigenvalue weighted by Crippen LogP contribution is 2.24. The third-order valence-electron chi connectivity index (χ3n) is 2.84. The van der Waals surface area contributed by atoms with Crippen molar-refractivity contribution >= 4 is 23.6 Å². The van der Waals surface area contributed by atoms with Crippen molar-refractivity contribution in [1.29, 1.82) is 0 Å². The van der Waals surface area contributed by atoms with Gasteiger partial charge in [0.2, 0.25) is 0 Å². The van der Waals surface area contributed by atoms with Gasteiger partial charge < -0.3 is 4.90 Å². The SMILES string of the molecule is CN(Cc1cccc(F)c1)c1cc(Cl)ccc1C=O. The molecule has 0 radical (unpaired) electrons. The molecule has 0 aliphatic carbocycles. The fourth-order valence-corrected chi connectivity index (χ4v) is 2.11. The number of carbonyl (C=O) groups is 1. The van der Waals surface area contributed by atoms with Crippen LogP contribution in [0.1, 0.15) is 15.9 Å². The Morgan fingerprint density at radius 2 is 2.05 bits per heavy atom. The summed E-state index contributed by atoms with van der Waals surface area (Å²) in [5, 5.41) is 0.562. The van der Waals surface area contributed by atoms with Crippen LogP contribution in [0.25, 0.3) is 0 Å². The first-order valence-corrected chi connectivity index (χ1v) is 6.18. The summed E-state index contributed by atoms with van der Waals surface area (Å²) >= 11 is 5.94. The fraction of sp³-hybridized carbons (Fsp3) is 0.133. The monoisotopic (exact) mass is 277 g/mol. The molecule has 0 saturated carbocycles. The molecule has 0 saturated heterocycles. The molecule has 0 amide bonds. The Balaban J connectivity index is 2.26. The lowest BCUT2D eigenvalue weighted by molar-refractivity contribution is 0.112. The number of carbonyl (C=O) groups excluding carboxylic acids is 1. The van der Waals surface area contributed by atoms with Gasteiger partial charge in [-0.05, 0) is 35.9 Å². The number of aldehydes is 1. The Hall–Kier alpha value is -1.87. The van der Waals surface area contributed by atoms with Gasteiger partial charge in [-0.3, -0.25) is 4.79 Å². The minimum absolute atomic E-state index is 0.271. The van der Waals surface area contributed by atoms with E-state index in [1.165, 1.54) is 12.1 Å². The fourth-order valence-electron chi connectivity index (χ4n) is 1.94. The van der Waals surface area contributed by atoms with Crippen molar-refractivity contribution < 1.29 is 9.18 Å². The summed E-state index contributed by atoms with van der Waals surface area (Å²) in [7, 11) is 1.84. The van der Waals surface area contributed by atoms with Gasteiger partial charge in [-0.1, -0.05) is 23.7 Å². The number of hydrogen-bond donors (Lipinski definition) is 0. The maximum atomic E-state index is 13.1. The predicted octanol–water partition coefficient (Wildman–Crippen LogP) is 3.93. The lowest BCUT2D eigenvalue weighted by atomic mass is 10.1. The van der Waals surface area contributed by atoms with Crippen LogP contribution in [0.5, 0.6) is 0 Å². The second-order valence-electron chi connectivity index (χ2n) is 4.31. The van der Waals surface area contributed by atoms with Crippen LogP contribution >= 0.6 is 11.6 Å². The normalized spacial score (nSPS) is 10.3. The molecule has 0 aliphatic heterocycles. The van der Waals surface area contributed by atoms with Crippen LogP contribution in [0, 0.1) is 5.82 Å². The highest BCUT2D eigenvalue weighted by molar-refractivity contribution is 6.31. The smallest absolute Gasteiger partial charge is 0.152 e. The quantitative estimate of drug-likeness (QED) is 0.789. The first-order chi connectivity index (χ1) is 9.10. The molecule has 0 atom stereocenters. The zero-order chi connectivity index (χ0) is 13.8. The van der Waals surface area contributed by atoms with Crippen LogP contribution in [0.4, 0.5) is 10.1 Å². The Morgan fingerprint density at radius 3 is 2.74 bits per heavy atom. The number of halogens is 2. The van der Waals surface area contributed by atoms with Crippen molar-refractivity contribution in [2.45, 2.75) is 6.54 Å².